The molecule has 0 radical (unpaired) electrons. The van der Waals surface area contributed by atoms with Gasteiger partial charge in [-0.1, -0.05) is 33.1 Å². The summed E-state index contributed by atoms with van der Waals surface area (Å²) in [7, 11) is 0. The minimum Gasteiger partial charge on any atom is -0.262 e. The summed E-state index contributed by atoms with van der Waals surface area (Å²) in [6.07, 6.45) is 8.62. The second-order valence-electron chi connectivity index (χ2n) is 4.03. The number of hydrogen-bond donors (Lipinski definition) is 0. The standard InChI is InChI=1S/C13H20FN/c1-3-5-7-11(6-4-2)12-8-9-15-10-13(12)14/h8-11H,3-7H2,1-2H3. The van der Waals surface area contributed by atoms with E-state index in [1.165, 1.54) is 19.0 Å². The maximum Gasteiger partial charge on any atom is 0.144 e. The molecule has 0 fully saturated rings. The molecule has 1 nitrogen and oxygen atoms in total. The van der Waals surface area contributed by atoms with E-state index in [0.717, 1.165) is 24.8 Å². The van der Waals surface area contributed by atoms with Crippen LogP contribution in [0.5, 0.6) is 0 Å². The van der Waals surface area contributed by atoms with E-state index < -0.39 is 0 Å². The zero-order valence-electron chi connectivity index (χ0n) is 9.67. The van der Waals surface area contributed by atoms with Crippen molar-refractivity contribution in [3.63, 3.8) is 0 Å². The highest BCUT2D eigenvalue weighted by Gasteiger charge is 2.14. The smallest absolute Gasteiger partial charge is 0.144 e. The third-order valence-corrected chi connectivity index (χ3v) is 2.79. The van der Waals surface area contributed by atoms with Crippen molar-refractivity contribution in [3.8, 4) is 0 Å². The van der Waals surface area contributed by atoms with Gasteiger partial charge in [0, 0.05) is 6.20 Å². The molecule has 1 aromatic heterocycles. The van der Waals surface area contributed by atoms with Crippen molar-refractivity contribution in [1.82, 2.24) is 4.98 Å². The van der Waals surface area contributed by atoms with Crippen molar-refractivity contribution in [2.24, 2.45) is 0 Å². The highest BCUT2D eigenvalue weighted by Crippen LogP contribution is 2.28. The summed E-state index contributed by atoms with van der Waals surface area (Å²) >= 11 is 0. The largest absolute Gasteiger partial charge is 0.262 e. The molecule has 0 N–H and O–H groups in total. The molecular weight excluding hydrogens is 189 g/mol. The lowest BCUT2D eigenvalue weighted by Crippen LogP contribution is -2.02. The number of halogens is 1. The third kappa shape index (κ3) is 3.61. The van der Waals surface area contributed by atoms with Crippen molar-refractivity contribution in [2.45, 2.75) is 51.9 Å². The molecule has 0 spiro atoms. The van der Waals surface area contributed by atoms with E-state index >= 15 is 0 Å². The van der Waals surface area contributed by atoms with Crippen LogP contribution in [-0.2, 0) is 0 Å². The Hall–Kier alpha value is -0.920. The van der Waals surface area contributed by atoms with Crippen LogP contribution in [-0.4, -0.2) is 4.98 Å². The summed E-state index contributed by atoms with van der Waals surface area (Å²) in [5.41, 5.74) is 0.848. The maximum absolute atomic E-state index is 13.5. The summed E-state index contributed by atoms with van der Waals surface area (Å²) in [5.74, 6) is 0.227. The Morgan fingerprint density at radius 1 is 1.27 bits per heavy atom. The zero-order chi connectivity index (χ0) is 11.1. The summed E-state index contributed by atoms with van der Waals surface area (Å²) in [6, 6.07) is 1.82. The predicted molar refractivity (Wildman–Crippen MR) is 61.4 cm³/mol. The molecule has 0 aromatic carbocycles. The summed E-state index contributed by atoms with van der Waals surface area (Å²) in [5, 5.41) is 0. The van der Waals surface area contributed by atoms with Gasteiger partial charge in [0.15, 0.2) is 0 Å². The molecule has 84 valence electrons. The van der Waals surface area contributed by atoms with Gasteiger partial charge < -0.3 is 0 Å². The van der Waals surface area contributed by atoms with Crippen LogP contribution < -0.4 is 0 Å². The molecule has 0 aliphatic heterocycles. The highest BCUT2D eigenvalue weighted by molar-refractivity contribution is 5.17. The molecule has 0 saturated carbocycles. The van der Waals surface area contributed by atoms with Crippen LogP contribution >= 0.6 is 0 Å². The Bertz CT molecular complexity index is 286. The Balaban J connectivity index is 2.74. The van der Waals surface area contributed by atoms with Gasteiger partial charge in [-0.05, 0) is 30.4 Å². The van der Waals surface area contributed by atoms with Crippen molar-refractivity contribution in [2.75, 3.05) is 0 Å². The first-order chi connectivity index (χ1) is 7.29. The molecule has 2 heteroatoms. The Labute approximate surface area is 91.7 Å². The van der Waals surface area contributed by atoms with E-state index in [2.05, 4.69) is 18.8 Å². The SMILES string of the molecule is CCCCC(CCC)c1ccncc1F. The van der Waals surface area contributed by atoms with Crippen molar-refractivity contribution >= 4 is 0 Å². The fourth-order valence-corrected chi connectivity index (χ4v) is 1.97. The molecular formula is C13H20FN. The average molecular weight is 209 g/mol. The molecule has 0 aliphatic rings. The van der Waals surface area contributed by atoms with Gasteiger partial charge in [-0.25, -0.2) is 4.39 Å². The van der Waals surface area contributed by atoms with Gasteiger partial charge in [0.2, 0.25) is 0 Å². The summed E-state index contributed by atoms with van der Waals surface area (Å²) < 4.78 is 13.5. The number of rotatable bonds is 6. The quantitative estimate of drug-likeness (QED) is 0.681. The minimum atomic E-state index is -0.146. The van der Waals surface area contributed by atoms with Crippen molar-refractivity contribution in [1.29, 1.82) is 0 Å². The van der Waals surface area contributed by atoms with E-state index in [1.807, 2.05) is 6.07 Å². The zero-order valence-corrected chi connectivity index (χ0v) is 9.67. The van der Waals surface area contributed by atoms with Crippen LogP contribution in [0.15, 0.2) is 18.5 Å². The fraction of sp³-hybridized carbons (Fsp3) is 0.615. The molecule has 0 aliphatic carbocycles. The van der Waals surface area contributed by atoms with Crippen molar-refractivity contribution in [3.05, 3.63) is 29.8 Å². The molecule has 15 heavy (non-hydrogen) atoms. The predicted octanol–water partition coefficient (Wildman–Crippen LogP) is 4.29. The number of hydrogen-bond acceptors (Lipinski definition) is 1. The molecule has 1 atom stereocenters. The first-order valence-electron chi connectivity index (χ1n) is 5.89. The average Bonchev–Trinajstić information content (AvgIpc) is 2.25. The number of unbranched alkanes of at least 4 members (excludes halogenated alkanes) is 1. The summed E-state index contributed by atoms with van der Waals surface area (Å²) in [6.45, 7) is 4.32. The molecule has 0 saturated heterocycles. The normalized spacial score (nSPS) is 12.7. The monoisotopic (exact) mass is 209 g/mol. The molecule has 0 bridgehead atoms. The first kappa shape index (κ1) is 12.2. The Morgan fingerprint density at radius 2 is 2.07 bits per heavy atom. The van der Waals surface area contributed by atoms with E-state index in [1.54, 1.807) is 6.20 Å². The van der Waals surface area contributed by atoms with Crippen LogP contribution in [0.3, 0.4) is 0 Å². The van der Waals surface area contributed by atoms with E-state index in [0.29, 0.717) is 5.92 Å². The number of pyridine rings is 1. The van der Waals surface area contributed by atoms with Crippen LogP contribution in [0, 0.1) is 5.82 Å². The van der Waals surface area contributed by atoms with Gasteiger partial charge in [-0.15, -0.1) is 0 Å². The van der Waals surface area contributed by atoms with Crippen molar-refractivity contribution < 1.29 is 4.39 Å². The second kappa shape index (κ2) is 6.54. The number of nitrogens with zero attached hydrogens (tertiary/aromatic N) is 1. The van der Waals surface area contributed by atoms with Crippen LogP contribution in [0.25, 0.3) is 0 Å². The second-order valence-corrected chi connectivity index (χ2v) is 4.03. The molecule has 1 heterocycles. The van der Waals surface area contributed by atoms with Crippen LogP contribution in [0.2, 0.25) is 0 Å². The summed E-state index contributed by atoms with van der Waals surface area (Å²) in [4.78, 5) is 3.79. The van der Waals surface area contributed by atoms with Gasteiger partial charge >= 0.3 is 0 Å². The lowest BCUT2D eigenvalue weighted by atomic mass is 9.90. The van der Waals surface area contributed by atoms with Gasteiger partial charge in [0.25, 0.3) is 0 Å². The topological polar surface area (TPSA) is 12.9 Å². The van der Waals surface area contributed by atoms with Gasteiger partial charge in [-0.3, -0.25) is 4.98 Å². The fourth-order valence-electron chi connectivity index (χ4n) is 1.97. The van der Waals surface area contributed by atoms with E-state index in [-0.39, 0.29) is 5.82 Å². The van der Waals surface area contributed by atoms with Crippen LogP contribution in [0.4, 0.5) is 4.39 Å². The Kier molecular flexibility index (Phi) is 5.30. The molecule has 0 amide bonds. The lowest BCUT2D eigenvalue weighted by Gasteiger charge is -2.16. The van der Waals surface area contributed by atoms with Gasteiger partial charge in [0.1, 0.15) is 5.82 Å². The van der Waals surface area contributed by atoms with E-state index in [4.69, 9.17) is 0 Å². The molecule has 1 unspecified atom stereocenters. The number of aromatic nitrogens is 1. The molecule has 1 rings (SSSR count). The van der Waals surface area contributed by atoms with Crippen LogP contribution in [0.1, 0.15) is 57.4 Å². The first-order valence-corrected chi connectivity index (χ1v) is 5.89. The maximum atomic E-state index is 13.5. The highest BCUT2D eigenvalue weighted by atomic mass is 19.1. The Morgan fingerprint density at radius 3 is 2.67 bits per heavy atom. The molecule has 1 aromatic rings. The third-order valence-electron chi connectivity index (χ3n) is 2.79. The lowest BCUT2D eigenvalue weighted by molar-refractivity contribution is 0.505. The minimum absolute atomic E-state index is 0.146. The van der Waals surface area contributed by atoms with Gasteiger partial charge in [0.05, 0.1) is 6.20 Å². The van der Waals surface area contributed by atoms with E-state index in [9.17, 15) is 4.39 Å². The van der Waals surface area contributed by atoms with Gasteiger partial charge in [-0.2, -0.15) is 0 Å².